The molecule has 0 radical (unpaired) electrons. The fourth-order valence-corrected chi connectivity index (χ4v) is 2.12. The van der Waals surface area contributed by atoms with Gasteiger partial charge in [0.05, 0.1) is 12.6 Å². The van der Waals surface area contributed by atoms with E-state index in [4.69, 9.17) is 15.0 Å². The number of nitrogen functional groups attached to an aromatic ring is 1. The third-order valence-corrected chi connectivity index (χ3v) is 2.91. The van der Waals surface area contributed by atoms with E-state index in [2.05, 4.69) is 16.2 Å². The van der Waals surface area contributed by atoms with E-state index < -0.39 is 0 Å². The molecule has 5 heteroatoms. The number of nitrogens with zero attached hydrogens (tertiary/aromatic N) is 1. The third-order valence-electron chi connectivity index (χ3n) is 2.91. The van der Waals surface area contributed by atoms with Gasteiger partial charge >= 0.3 is 0 Å². The normalized spacial score (nSPS) is 11.0. The van der Waals surface area contributed by atoms with Gasteiger partial charge in [0.2, 0.25) is 0 Å². The van der Waals surface area contributed by atoms with Gasteiger partial charge in [0.15, 0.2) is 11.6 Å². The minimum Gasteiger partial charge on any atom is -0.495 e. The Hall–Kier alpha value is -2.43. The van der Waals surface area contributed by atoms with Crippen LogP contribution in [0.1, 0.15) is 5.56 Å². The van der Waals surface area contributed by atoms with Crippen LogP contribution < -0.4 is 10.5 Å². The van der Waals surface area contributed by atoms with Gasteiger partial charge in [-0.2, -0.15) is 0 Å². The van der Waals surface area contributed by atoms with Crippen LogP contribution in [-0.4, -0.2) is 17.3 Å². The summed E-state index contributed by atoms with van der Waals surface area (Å²) in [4.78, 5) is 3.19. The summed E-state index contributed by atoms with van der Waals surface area (Å²) in [7, 11) is 1.65. The molecule has 18 heavy (non-hydrogen) atoms. The second-order valence-electron chi connectivity index (χ2n) is 4.21. The molecule has 0 saturated heterocycles. The van der Waals surface area contributed by atoms with Gasteiger partial charge in [-0.25, -0.2) is 0 Å². The maximum Gasteiger partial charge on any atom is 0.171 e. The Labute approximate surface area is 104 Å². The zero-order valence-electron chi connectivity index (χ0n) is 10.2. The van der Waals surface area contributed by atoms with Gasteiger partial charge in [0, 0.05) is 23.2 Å². The number of benzene rings is 1. The second kappa shape index (κ2) is 3.80. The summed E-state index contributed by atoms with van der Waals surface area (Å²) in [6, 6.07) is 5.76. The Morgan fingerprint density at radius 2 is 2.17 bits per heavy atom. The number of ether oxygens (including phenoxy) is 1. The first kappa shape index (κ1) is 10.7. The largest absolute Gasteiger partial charge is 0.495 e. The van der Waals surface area contributed by atoms with E-state index in [1.165, 1.54) is 0 Å². The molecule has 2 aromatic heterocycles. The minimum atomic E-state index is 0.374. The molecule has 3 N–H and O–H groups in total. The second-order valence-corrected chi connectivity index (χ2v) is 4.21. The lowest BCUT2D eigenvalue weighted by Gasteiger charge is -2.03. The Balaban J connectivity index is 2.28. The summed E-state index contributed by atoms with van der Waals surface area (Å²) in [5.74, 6) is 1.83. The van der Waals surface area contributed by atoms with Crippen LogP contribution in [-0.2, 0) is 0 Å². The van der Waals surface area contributed by atoms with E-state index in [1.54, 1.807) is 13.2 Å². The molecule has 0 aliphatic carbocycles. The number of aromatic amines is 1. The average molecular weight is 243 g/mol. The van der Waals surface area contributed by atoms with Crippen molar-refractivity contribution in [3.8, 4) is 17.1 Å². The number of rotatable bonds is 2. The highest BCUT2D eigenvalue weighted by Gasteiger charge is 2.14. The summed E-state index contributed by atoms with van der Waals surface area (Å²) in [6.45, 7) is 2.02. The summed E-state index contributed by atoms with van der Waals surface area (Å²) >= 11 is 0. The highest BCUT2D eigenvalue weighted by Crippen LogP contribution is 2.34. The molecule has 0 saturated carbocycles. The van der Waals surface area contributed by atoms with Gasteiger partial charge in [-0.1, -0.05) is 5.16 Å². The van der Waals surface area contributed by atoms with Crippen molar-refractivity contribution in [1.29, 1.82) is 0 Å². The molecule has 5 nitrogen and oxygen atoms in total. The number of fused-ring (bicyclic) bond motifs is 1. The van der Waals surface area contributed by atoms with E-state index in [0.29, 0.717) is 11.6 Å². The van der Waals surface area contributed by atoms with E-state index in [-0.39, 0.29) is 0 Å². The number of aromatic nitrogens is 2. The number of aryl methyl sites for hydroxylation is 1. The number of nitrogens with one attached hydrogen (secondary N) is 1. The van der Waals surface area contributed by atoms with Crippen molar-refractivity contribution in [2.45, 2.75) is 6.92 Å². The van der Waals surface area contributed by atoms with Crippen molar-refractivity contribution in [3.63, 3.8) is 0 Å². The van der Waals surface area contributed by atoms with Gasteiger partial charge < -0.3 is 20.0 Å². The molecule has 92 valence electrons. The van der Waals surface area contributed by atoms with Crippen LogP contribution in [0, 0.1) is 6.92 Å². The zero-order chi connectivity index (χ0) is 12.7. The van der Waals surface area contributed by atoms with E-state index in [0.717, 1.165) is 27.8 Å². The number of hydrogen-bond donors (Lipinski definition) is 2. The average Bonchev–Trinajstić information content (AvgIpc) is 2.93. The third kappa shape index (κ3) is 1.52. The molecule has 0 amide bonds. The SMILES string of the molecule is COc1cc(C)cc2c(-c3cc(N)no3)c[nH]c12. The Morgan fingerprint density at radius 1 is 1.33 bits per heavy atom. The molecule has 0 aliphatic rings. The molecule has 3 rings (SSSR count). The van der Waals surface area contributed by atoms with Gasteiger partial charge in [-0.3, -0.25) is 0 Å². The van der Waals surface area contributed by atoms with Crippen molar-refractivity contribution >= 4 is 16.7 Å². The zero-order valence-corrected chi connectivity index (χ0v) is 10.2. The quantitative estimate of drug-likeness (QED) is 0.725. The summed E-state index contributed by atoms with van der Waals surface area (Å²) in [6.07, 6.45) is 1.87. The van der Waals surface area contributed by atoms with Crippen molar-refractivity contribution in [3.05, 3.63) is 30.0 Å². The monoisotopic (exact) mass is 243 g/mol. The summed E-state index contributed by atoms with van der Waals surface area (Å²) in [5, 5.41) is 4.73. The van der Waals surface area contributed by atoms with E-state index in [1.807, 2.05) is 19.2 Å². The molecular weight excluding hydrogens is 230 g/mol. The Kier molecular flexibility index (Phi) is 2.26. The molecule has 0 aliphatic heterocycles. The lowest BCUT2D eigenvalue weighted by atomic mass is 10.1. The molecular formula is C13H13N3O2. The van der Waals surface area contributed by atoms with Gasteiger partial charge in [-0.05, 0) is 24.6 Å². The van der Waals surface area contributed by atoms with Crippen LogP contribution in [0.15, 0.2) is 28.9 Å². The molecule has 0 fully saturated rings. The Bertz CT molecular complexity index is 712. The number of anilines is 1. The van der Waals surface area contributed by atoms with Gasteiger partial charge in [0.25, 0.3) is 0 Å². The molecule has 0 spiro atoms. The Morgan fingerprint density at radius 3 is 2.83 bits per heavy atom. The highest BCUT2D eigenvalue weighted by atomic mass is 16.5. The number of hydrogen-bond acceptors (Lipinski definition) is 4. The number of methoxy groups -OCH3 is 1. The molecule has 1 aromatic carbocycles. The van der Waals surface area contributed by atoms with Crippen LogP contribution in [0.4, 0.5) is 5.82 Å². The summed E-state index contributed by atoms with van der Waals surface area (Å²) in [5.41, 5.74) is 8.56. The van der Waals surface area contributed by atoms with Crippen LogP contribution in [0.25, 0.3) is 22.2 Å². The van der Waals surface area contributed by atoms with Crippen LogP contribution in [0.5, 0.6) is 5.75 Å². The lowest BCUT2D eigenvalue weighted by molar-refractivity contribution is 0.418. The van der Waals surface area contributed by atoms with Crippen LogP contribution >= 0.6 is 0 Å². The van der Waals surface area contributed by atoms with Crippen LogP contribution in [0.2, 0.25) is 0 Å². The molecule has 3 aromatic rings. The first-order valence-electron chi connectivity index (χ1n) is 5.57. The van der Waals surface area contributed by atoms with Crippen molar-refractivity contribution in [2.24, 2.45) is 0 Å². The predicted molar refractivity (Wildman–Crippen MR) is 69.5 cm³/mol. The van der Waals surface area contributed by atoms with Gasteiger partial charge in [-0.15, -0.1) is 0 Å². The van der Waals surface area contributed by atoms with Gasteiger partial charge in [0.1, 0.15) is 5.75 Å². The molecule has 0 bridgehead atoms. The number of nitrogens with two attached hydrogens (primary N) is 1. The first-order valence-corrected chi connectivity index (χ1v) is 5.57. The molecule has 0 atom stereocenters. The highest BCUT2D eigenvalue weighted by molar-refractivity contribution is 5.98. The van der Waals surface area contributed by atoms with Crippen LogP contribution in [0.3, 0.4) is 0 Å². The smallest absolute Gasteiger partial charge is 0.171 e. The maximum absolute atomic E-state index is 5.57. The van der Waals surface area contributed by atoms with Crippen molar-refractivity contribution in [2.75, 3.05) is 12.8 Å². The van der Waals surface area contributed by atoms with Crippen molar-refractivity contribution in [1.82, 2.24) is 10.1 Å². The fourth-order valence-electron chi connectivity index (χ4n) is 2.12. The standard InChI is InChI=1S/C13H13N3O2/c1-7-3-8-9(10-5-12(14)16-18-10)6-15-13(8)11(4-7)17-2/h3-6,15H,1-2H3,(H2,14,16). The minimum absolute atomic E-state index is 0.374. The maximum atomic E-state index is 5.57. The topological polar surface area (TPSA) is 77.1 Å². The fraction of sp³-hybridized carbons (Fsp3) is 0.154. The lowest BCUT2D eigenvalue weighted by Crippen LogP contribution is -1.85. The molecule has 2 heterocycles. The predicted octanol–water partition coefficient (Wildman–Crippen LogP) is 2.72. The summed E-state index contributed by atoms with van der Waals surface area (Å²) < 4.78 is 10.6. The van der Waals surface area contributed by atoms with E-state index in [9.17, 15) is 0 Å². The van der Waals surface area contributed by atoms with E-state index >= 15 is 0 Å². The number of H-pyrrole nitrogens is 1. The van der Waals surface area contributed by atoms with Crippen molar-refractivity contribution < 1.29 is 9.26 Å². The first-order chi connectivity index (χ1) is 8.69. The molecule has 0 unspecified atom stereocenters.